The number of hydrogen-bond donors (Lipinski definition) is 1. The first-order valence-electron chi connectivity index (χ1n) is 6.63. The minimum absolute atomic E-state index is 0.0462. The smallest absolute Gasteiger partial charge is 0.311 e. The highest BCUT2D eigenvalue weighted by Crippen LogP contribution is 2.28. The maximum absolute atomic E-state index is 11.1. The van der Waals surface area contributed by atoms with Crippen LogP contribution in [0.2, 0.25) is 0 Å². The monoisotopic (exact) mass is 266 g/mol. The second-order valence-electron chi connectivity index (χ2n) is 4.59. The van der Waals surface area contributed by atoms with Crippen LogP contribution < -0.4 is 10.2 Å². The Labute approximate surface area is 114 Å². The molecule has 1 aromatic rings. The van der Waals surface area contributed by atoms with Gasteiger partial charge in [0, 0.05) is 25.7 Å². The molecule has 0 amide bonds. The molecule has 19 heavy (non-hydrogen) atoms. The number of hydrogen-bond acceptors (Lipinski definition) is 5. The molecule has 0 saturated carbocycles. The zero-order valence-corrected chi connectivity index (χ0v) is 12.0. The zero-order valence-electron chi connectivity index (χ0n) is 12.0. The molecule has 1 aromatic heterocycles. The molecule has 0 aliphatic rings. The SMILES string of the molecule is CCCNc1ccc([N+](=O)[O-])c(N(C)C(C)CC)n1. The Morgan fingerprint density at radius 2 is 2.16 bits per heavy atom. The zero-order chi connectivity index (χ0) is 14.4. The number of anilines is 2. The van der Waals surface area contributed by atoms with Crippen LogP contribution in [0.5, 0.6) is 0 Å². The summed E-state index contributed by atoms with van der Waals surface area (Å²) in [7, 11) is 1.84. The minimum atomic E-state index is -0.384. The Kier molecular flexibility index (Phi) is 5.54. The van der Waals surface area contributed by atoms with E-state index in [9.17, 15) is 10.1 Å². The van der Waals surface area contributed by atoms with Gasteiger partial charge < -0.3 is 10.2 Å². The van der Waals surface area contributed by atoms with E-state index in [1.165, 1.54) is 6.07 Å². The van der Waals surface area contributed by atoms with E-state index < -0.39 is 0 Å². The summed E-state index contributed by atoms with van der Waals surface area (Å²) in [6.45, 7) is 6.94. The van der Waals surface area contributed by atoms with Crippen molar-refractivity contribution in [2.45, 2.75) is 39.7 Å². The van der Waals surface area contributed by atoms with Gasteiger partial charge in [-0.15, -0.1) is 0 Å². The lowest BCUT2D eigenvalue weighted by Gasteiger charge is -2.24. The molecular formula is C13H22N4O2. The predicted octanol–water partition coefficient (Wildman–Crippen LogP) is 3.05. The number of aromatic nitrogens is 1. The van der Waals surface area contributed by atoms with Crippen LogP contribution in [0.15, 0.2) is 12.1 Å². The predicted molar refractivity (Wildman–Crippen MR) is 77.8 cm³/mol. The topological polar surface area (TPSA) is 71.3 Å². The fraction of sp³-hybridized carbons (Fsp3) is 0.615. The van der Waals surface area contributed by atoms with Gasteiger partial charge in [0.05, 0.1) is 4.92 Å². The number of pyridine rings is 1. The van der Waals surface area contributed by atoms with E-state index in [0.29, 0.717) is 11.6 Å². The molecule has 6 nitrogen and oxygen atoms in total. The first-order chi connectivity index (χ1) is 9.01. The van der Waals surface area contributed by atoms with Crippen molar-refractivity contribution in [1.29, 1.82) is 0 Å². The summed E-state index contributed by atoms with van der Waals surface area (Å²) in [6, 6.07) is 3.37. The van der Waals surface area contributed by atoms with Crippen LogP contribution in [-0.2, 0) is 0 Å². The van der Waals surface area contributed by atoms with E-state index in [1.807, 2.05) is 25.8 Å². The molecule has 1 atom stereocenters. The van der Waals surface area contributed by atoms with E-state index in [2.05, 4.69) is 17.2 Å². The summed E-state index contributed by atoms with van der Waals surface area (Å²) in [6.07, 6.45) is 1.89. The van der Waals surface area contributed by atoms with E-state index in [4.69, 9.17) is 0 Å². The molecule has 0 fully saturated rings. The van der Waals surface area contributed by atoms with Gasteiger partial charge in [-0.2, -0.15) is 0 Å². The molecule has 0 aliphatic carbocycles. The van der Waals surface area contributed by atoms with E-state index in [0.717, 1.165) is 19.4 Å². The molecule has 0 aromatic carbocycles. The highest BCUT2D eigenvalue weighted by atomic mass is 16.6. The van der Waals surface area contributed by atoms with Gasteiger partial charge >= 0.3 is 5.69 Å². The summed E-state index contributed by atoms with van der Waals surface area (Å²) < 4.78 is 0. The molecule has 0 saturated heterocycles. The molecule has 1 unspecified atom stereocenters. The van der Waals surface area contributed by atoms with Gasteiger partial charge in [0.25, 0.3) is 0 Å². The molecule has 1 N–H and O–H groups in total. The minimum Gasteiger partial charge on any atom is -0.370 e. The Morgan fingerprint density at radius 1 is 1.47 bits per heavy atom. The third-order valence-corrected chi connectivity index (χ3v) is 3.19. The van der Waals surface area contributed by atoms with E-state index in [1.54, 1.807) is 6.07 Å². The third-order valence-electron chi connectivity index (χ3n) is 3.19. The van der Waals surface area contributed by atoms with Crippen molar-refractivity contribution in [3.63, 3.8) is 0 Å². The van der Waals surface area contributed by atoms with Gasteiger partial charge in [-0.05, 0) is 25.8 Å². The van der Waals surface area contributed by atoms with Gasteiger partial charge in [0.2, 0.25) is 5.82 Å². The lowest BCUT2D eigenvalue weighted by molar-refractivity contribution is -0.384. The van der Waals surface area contributed by atoms with Crippen molar-refractivity contribution >= 4 is 17.3 Å². The summed E-state index contributed by atoms with van der Waals surface area (Å²) in [5, 5.41) is 14.2. The quantitative estimate of drug-likeness (QED) is 0.606. The summed E-state index contributed by atoms with van der Waals surface area (Å²) in [5.41, 5.74) is 0.0462. The molecular weight excluding hydrogens is 244 g/mol. The van der Waals surface area contributed by atoms with Crippen LogP contribution in [-0.4, -0.2) is 29.5 Å². The van der Waals surface area contributed by atoms with Crippen molar-refractivity contribution in [3.8, 4) is 0 Å². The van der Waals surface area contributed by atoms with Crippen LogP contribution in [0, 0.1) is 10.1 Å². The lowest BCUT2D eigenvalue weighted by Crippen LogP contribution is -2.29. The third kappa shape index (κ3) is 3.81. The van der Waals surface area contributed by atoms with Crippen molar-refractivity contribution in [2.75, 3.05) is 23.8 Å². The maximum Gasteiger partial charge on any atom is 0.311 e. The van der Waals surface area contributed by atoms with Crippen molar-refractivity contribution in [3.05, 3.63) is 22.2 Å². The van der Waals surface area contributed by atoms with E-state index >= 15 is 0 Å². The Balaban J connectivity index is 3.11. The Hall–Kier alpha value is -1.85. The number of nitrogens with one attached hydrogen (secondary N) is 1. The van der Waals surface area contributed by atoms with E-state index in [-0.39, 0.29) is 16.7 Å². The number of rotatable bonds is 7. The first kappa shape index (κ1) is 15.2. The second-order valence-corrected chi connectivity index (χ2v) is 4.59. The van der Waals surface area contributed by atoms with Crippen molar-refractivity contribution in [2.24, 2.45) is 0 Å². The molecule has 106 valence electrons. The van der Waals surface area contributed by atoms with Gasteiger partial charge in [0.1, 0.15) is 5.82 Å². The van der Waals surface area contributed by atoms with Gasteiger partial charge in [0.15, 0.2) is 0 Å². The fourth-order valence-electron chi connectivity index (χ4n) is 1.68. The molecule has 1 heterocycles. The standard InChI is InChI=1S/C13H22N4O2/c1-5-9-14-12-8-7-11(17(18)19)13(15-12)16(4)10(3)6-2/h7-8,10H,5-6,9H2,1-4H3,(H,14,15). The summed E-state index contributed by atoms with van der Waals surface area (Å²) in [5.74, 6) is 1.10. The Morgan fingerprint density at radius 3 is 2.68 bits per heavy atom. The molecule has 0 spiro atoms. The first-order valence-corrected chi connectivity index (χ1v) is 6.63. The largest absolute Gasteiger partial charge is 0.370 e. The highest BCUT2D eigenvalue weighted by Gasteiger charge is 2.22. The average Bonchev–Trinajstić information content (AvgIpc) is 2.42. The van der Waals surface area contributed by atoms with Gasteiger partial charge in [-0.1, -0.05) is 13.8 Å². The van der Waals surface area contributed by atoms with Crippen molar-refractivity contribution in [1.82, 2.24) is 4.98 Å². The number of nitrogens with zero attached hydrogens (tertiary/aromatic N) is 3. The highest BCUT2D eigenvalue weighted by molar-refractivity contribution is 5.61. The van der Waals surface area contributed by atoms with Gasteiger partial charge in [-0.25, -0.2) is 4.98 Å². The maximum atomic E-state index is 11.1. The van der Waals surface area contributed by atoms with Crippen LogP contribution >= 0.6 is 0 Å². The van der Waals surface area contributed by atoms with Crippen LogP contribution in [0.4, 0.5) is 17.3 Å². The molecule has 6 heteroatoms. The van der Waals surface area contributed by atoms with Crippen LogP contribution in [0.1, 0.15) is 33.6 Å². The average molecular weight is 266 g/mol. The molecule has 0 aliphatic heterocycles. The fourth-order valence-corrected chi connectivity index (χ4v) is 1.68. The summed E-state index contributed by atoms with van der Waals surface area (Å²) in [4.78, 5) is 16.9. The second kappa shape index (κ2) is 6.92. The Bertz CT molecular complexity index is 437. The number of nitro groups is 1. The van der Waals surface area contributed by atoms with Crippen molar-refractivity contribution < 1.29 is 4.92 Å². The molecule has 0 radical (unpaired) electrons. The lowest BCUT2D eigenvalue weighted by atomic mass is 10.2. The summed E-state index contributed by atoms with van der Waals surface area (Å²) >= 11 is 0. The molecule has 1 rings (SSSR count). The normalized spacial score (nSPS) is 12.0. The molecule has 0 bridgehead atoms. The van der Waals surface area contributed by atoms with Crippen LogP contribution in [0.25, 0.3) is 0 Å². The van der Waals surface area contributed by atoms with Gasteiger partial charge in [-0.3, -0.25) is 10.1 Å². The van der Waals surface area contributed by atoms with Crippen LogP contribution in [0.3, 0.4) is 0 Å².